The smallest absolute Gasteiger partial charge is 0.234 e. The summed E-state index contributed by atoms with van der Waals surface area (Å²) in [6.45, 7) is 8.44. The van der Waals surface area contributed by atoms with Gasteiger partial charge < -0.3 is 10.4 Å². The predicted molar refractivity (Wildman–Crippen MR) is 64.1 cm³/mol. The maximum atomic E-state index is 11.7. The lowest BCUT2D eigenvalue weighted by molar-refractivity contribution is -0.124. The highest BCUT2D eigenvalue weighted by molar-refractivity contribution is 5.78. The molecule has 1 aliphatic rings. The minimum Gasteiger partial charge on any atom is -0.396 e. The fourth-order valence-electron chi connectivity index (χ4n) is 2.10. The molecule has 94 valence electrons. The van der Waals surface area contributed by atoms with Crippen LogP contribution in [-0.4, -0.2) is 47.7 Å². The zero-order valence-corrected chi connectivity index (χ0v) is 10.6. The Morgan fingerprint density at radius 3 is 2.75 bits per heavy atom. The molecule has 0 aromatic rings. The summed E-state index contributed by atoms with van der Waals surface area (Å²) in [7, 11) is 0. The summed E-state index contributed by atoms with van der Waals surface area (Å²) in [6.07, 6.45) is 2.15. The van der Waals surface area contributed by atoms with Crippen LogP contribution in [0.2, 0.25) is 0 Å². The number of carbonyl (C=O) groups excluding carboxylic acids is 1. The number of hydrogen-bond donors (Lipinski definition) is 2. The minimum atomic E-state index is -0.163. The number of carbonyl (C=O) groups is 1. The van der Waals surface area contributed by atoms with Gasteiger partial charge in [0.2, 0.25) is 5.91 Å². The number of nitrogens with zero attached hydrogens (tertiary/aromatic N) is 1. The van der Waals surface area contributed by atoms with Crippen molar-refractivity contribution in [2.24, 2.45) is 5.92 Å². The normalized spacial score (nSPS) is 23.1. The van der Waals surface area contributed by atoms with Gasteiger partial charge in [-0.3, -0.25) is 9.69 Å². The molecule has 2 N–H and O–H groups in total. The van der Waals surface area contributed by atoms with Crippen LogP contribution < -0.4 is 5.32 Å². The Bertz CT molecular complexity index is 236. The van der Waals surface area contributed by atoms with Crippen LogP contribution in [0.15, 0.2) is 0 Å². The van der Waals surface area contributed by atoms with E-state index >= 15 is 0 Å². The van der Waals surface area contributed by atoms with Crippen molar-refractivity contribution in [1.29, 1.82) is 0 Å². The molecule has 1 aliphatic heterocycles. The topological polar surface area (TPSA) is 52.6 Å². The lowest BCUT2D eigenvalue weighted by Gasteiger charge is -2.32. The van der Waals surface area contributed by atoms with E-state index in [1.807, 2.05) is 20.8 Å². The molecule has 1 fully saturated rings. The Kier molecular flexibility index (Phi) is 4.74. The largest absolute Gasteiger partial charge is 0.396 e. The van der Waals surface area contributed by atoms with E-state index in [1.54, 1.807) is 0 Å². The molecule has 0 saturated carbocycles. The number of likely N-dealkylation sites (tertiary alicyclic amines) is 1. The van der Waals surface area contributed by atoms with E-state index in [0.717, 1.165) is 25.9 Å². The molecule has 0 bridgehead atoms. The zero-order valence-electron chi connectivity index (χ0n) is 10.6. The SMILES string of the molecule is CC(C)(C)NC(=O)CN1CCC[C@H](CO)C1. The number of hydrogen-bond acceptors (Lipinski definition) is 3. The van der Waals surface area contributed by atoms with Crippen molar-refractivity contribution in [3.63, 3.8) is 0 Å². The van der Waals surface area contributed by atoms with Crippen molar-refractivity contribution < 1.29 is 9.90 Å². The van der Waals surface area contributed by atoms with Crippen LogP contribution in [-0.2, 0) is 4.79 Å². The molecule has 0 aliphatic carbocycles. The van der Waals surface area contributed by atoms with Gasteiger partial charge in [-0.2, -0.15) is 0 Å². The molecular formula is C12H24N2O2. The van der Waals surface area contributed by atoms with Crippen LogP contribution >= 0.6 is 0 Å². The van der Waals surface area contributed by atoms with Crippen molar-refractivity contribution in [3.8, 4) is 0 Å². The van der Waals surface area contributed by atoms with Gasteiger partial charge in [0, 0.05) is 18.7 Å². The highest BCUT2D eigenvalue weighted by Gasteiger charge is 2.22. The van der Waals surface area contributed by atoms with Crippen molar-refractivity contribution in [1.82, 2.24) is 10.2 Å². The highest BCUT2D eigenvalue weighted by Crippen LogP contribution is 2.15. The summed E-state index contributed by atoms with van der Waals surface area (Å²) >= 11 is 0. The van der Waals surface area contributed by atoms with E-state index in [-0.39, 0.29) is 18.1 Å². The third-order valence-corrected chi connectivity index (χ3v) is 2.74. The number of aliphatic hydroxyl groups excluding tert-OH is 1. The first kappa shape index (κ1) is 13.5. The summed E-state index contributed by atoms with van der Waals surface area (Å²) in [4.78, 5) is 13.8. The molecule has 0 spiro atoms. The first-order valence-corrected chi connectivity index (χ1v) is 6.05. The van der Waals surface area contributed by atoms with Crippen molar-refractivity contribution >= 4 is 5.91 Å². The number of aliphatic hydroxyl groups is 1. The Morgan fingerprint density at radius 1 is 1.50 bits per heavy atom. The lowest BCUT2D eigenvalue weighted by Crippen LogP contribution is -2.48. The van der Waals surface area contributed by atoms with E-state index in [4.69, 9.17) is 5.11 Å². The second-order valence-corrected chi connectivity index (χ2v) is 5.72. The number of amides is 1. The maximum Gasteiger partial charge on any atom is 0.234 e. The van der Waals surface area contributed by atoms with Crippen molar-refractivity contribution in [2.75, 3.05) is 26.2 Å². The quantitative estimate of drug-likeness (QED) is 0.744. The van der Waals surface area contributed by atoms with Crippen LogP contribution in [0.1, 0.15) is 33.6 Å². The summed E-state index contributed by atoms with van der Waals surface area (Å²) in [5, 5.41) is 12.1. The molecule has 1 saturated heterocycles. The van der Waals surface area contributed by atoms with Crippen LogP contribution in [0.4, 0.5) is 0 Å². The molecular weight excluding hydrogens is 204 g/mol. The third kappa shape index (κ3) is 4.94. The maximum absolute atomic E-state index is 11.7. The Labute approximate surface area is 98.0 Å². The molecule has 0 aromatic carbocycles. The van der Waals surface area contributed by atoms with Gasteiger partial charge in [0.1, 0.15) is 0 Å². The van der Waals surface area contributed by atoms with Crippen LogP contribution in [0, 0.1) is 5.92 Å². The second kappa shape index (κ2) is 5.64. The molecule has 1 rings (SSSR count). The van der Waals surface area contributed by atoms with Gasteiger partial charge in [0.25, 0.3) is 0 Å². The molecule has 0 aromatic heterocycles. The molecule has 1 heterocycles. The lowest BCUT2D eigenvalue weighted by atomic mass is 9.99. The fraction of sp³-hybridized carbons (Fsp3) is 0.917. The second-order valence-electron chi connectivity index (χ2n) is 5.72. The van der Waals surface area contributed by atoms with Crippen molar-refractivity contribution in [3.05, 3.63) is 0 Å². The standard InChI is InChI=1S/C12H24N2O2/c1-12(2,3)13-11(16)8-14-6-4-5-10(7-14)9-15/h10,15H,4-9H2,1-3H3,(H,13,16)/t10-/m0/s1. The Hall–Kier alpha value is -0.610. The predicted octanol–water partition coefficient (Wildman–Crippen LogP) is 0.605. The fourth-order valence-corrected chi connectivity index (χ4v) is 2.10. The van der Waals surface area contributed by atoms with E-state index < -0.39 is 0 Å². The summed E-state index contributed by atoms with van der Waals surface area (Å²) in [5.74, 6) is 0.419. The molecule has 0 unspecified atom stereocenters. The van der Waals surface area contributed by atoms with E-state index in [1.165, 1.54) is 0 Å². The average molecular weight is 228 g/mol. The van der Waals surface area contributed by atoms with Crippen LogP contribution in [0.5, 0.6) is 0 Å². The summed E-state index contributed by atoms with van der Waals surface area (Å²) in [6, 6.07) is 0. The highest BCUT2D eigenvalue weighted by atomic mass is 16.3. The molecule has 1 amide bonds. The molecule has 0 radical (unpaired) electrons. The van der Waals surface area contributed by atoms with Crippen molar-refractivity contribution in [2.45, 2.75) is 39.2 Å². The molecule has 4 nitrogen and oxygen atoms in total. The molecule has 4 heteroatoms. The number of piperidine rings is 1. The molecule has 1 atom stereocenters. The monoisotopic (exact) mass is 228 g/mol. The Balaban J connectivity index is 2.33. The van der Waals surface area contributed by atoms with Gasteiger partial charge in [-0.15, -0.1) is 0 Å². The average Bonchev–Trinajstić information content (AvgIpc) is 2.15. The van der Waals surface area contributed by atoms with E-state index in [9.17, 15) is 4.79 Å². The first-order valence-electron chi connectivity index (χ1n) is 6.05. The summed E-state index contributed by atoms with van der Waals surface area (Å²) < 4.78 is 0. The van der Waals surface area contributed by atoms with E-state index in [2.05, 4.69) is 10.2 Å². The van der Waals surface area contributed by atoms with Gasteiger partial charge in [-0.25, -0.2) is 0 Å². The van der Waals surface area contributed by atoms with E-state index in [0.29, 0.717) is 12.5 Å². The summed E-state index contributed by atoms with van der Waals surface area (Å²) in [5.41, 5.74) is -0.163. The number of rotatable bonds is 3. The number of nitrogens with one attached hydrogen (secondary N) is 1. The zero-order chi connectivity index (χ0) is 12.2. The molecule has 16 heavy (non-hydrogen) atoms. The Morgan fingerprint density at radius 2 is 2.19 bits per heavy atom. The van der Waals surface area contributed by atoms with Crippen LogP contribution in [0.25, 0.3) is 0 Å². The van der Waals surface area contributed by atoms with Gasteiger partial charge in [0.15, 0.2) is 0 Å². The first-order chi connectivity index (χ1) is 7.40. The van der Waals surface area contributed by atoms with Crippen LogP contribution in [0.3, 0.4) is 0 Å². The van der Waals surface area contributed by atoms with Gasteiger partial charge >= 0.3 is 0 Å². The minimum absolute atomic E-state index is 0.0751. The van der Waals surface area contributed by atoms with Gasteiger partial charge in [0.05, 0.1) is 6.54 Å². The third-order valence-electron chi connectivity index (χ3n) is 2.74. The van der Waals surface area contributed by atoms with Gasteiger partial charge in [-0.05, 0) is 46.1 Å². The van der Waals surface area contributed by atoms with Gasteiger partial charge in [-0.1, -0.05) is 0 Å².